The van der Waals surface area contributed by atoms with E-state index in [-0.39, 0.29) is 46.3 Å². The number of imide groups is 1. The zero-order chi connectivity index (χ0) is 20.6. The highest BCUT2D eigenvalue weighted by molar-refractivity contribution is 6.22. The first-order valence-electron chi connectivity index (χ1n) is 11.3. The van der Waals surface area contributed by atoms with Crippen LogP contribution >= 0.6 is 0 Å². The van der Waals surface area contributed by atoms with Crippen molar-refractivity contribution in [2.24, 2.45) is 11.8 Å². The highest BCUT2D eigenvalue weighted by atomic mass is 16.5. The molecule has 4 fully saturated rings. The van der Waals surface area contributed by atoms with Crippen molar-refractivity contribution in [3.8, 4) is 0 Å². The third-order valence-electron chi connectivity index (χ3n) is 8.42. The molecule has 158 valence electrons. The zero-order valence-electron chi connectivity index (χ0n) is 17.0. The maximum absolute atomic E-state index is 13.6. The number of nitrogens with zero attached hydrogens (tertiary/aromatic N) is 3. The number of benzene rings is 1. The van der Waals surface area contributed by atoms with Gasteiger partial charge in [0, 0.05) is 24.4 Å². The molecule has 2 unspecified atom stereocenters. The highest BCUT2D eigenvalue weighted by Crippen LogP contribution is 2.48. The number of carbonyl (C=O) groups is 3. The zero-order valence-corrected chi connectivity index (χ0v) is 17.0. The van der Waals surface area contributed by atoms with E-state index < -0.39 is 6.04 Å². The smallest absolute Gasteiger partial charge is 0.262 e. The van der Waals surface area contributed by atoms with Crippen LogP contribution in [0.4, 0.5) is 0 Å². The number of rotatable bonds is 1. The molecule has 7 nitrogen and oxygen atoms in total. The van der Waals surface area contributed by atoms with Crippen LogP contribution in [0.25, 0.3) is 0 Å². The predicted molar refractivity (Wildman–Crippen MR) is 108 cm³/mol. The first-order valence-corrected chi connectivity index (χ1v) is 11.3. The van der Waals surface area contributed by atoms with Crippen molar-refractivity contribution in [3.05, 3.63) is 40.6 Å². The summed E-state index contributed by atoms with van der Waals surface area (Å²) in [4.78, 5) is 42.6. The van der Waals surface area contributed by atoms with E-state index in [1.165, 1.54) is 4.90 Å². The summed E-state index contributed by atoms with van der Waals surface area (Å²) < 4.78 is -0.0598. The second kappa shape index (κ2) is 6.37. The molecule has 6 atom stereocenters. The number of quaternary nitrogens is 1. The van der Waals surface area contributed by atoms with Crippen LogP contribution in [0.5, 0.6) is 0 Å². The van der Waals surface area contributed by atoms with E-state index >= 15 is 0 Å². The Morgan fingerprint density at radius 1 is 0.900 bits per heavy atom. The predicted octanol–water partition coefficient (Wildman–Crippen LogP) is 2.16. The normalized spacial score (nSPS) is 40.2. The minimum atomic E-state index is -0.719. The fraction of sp³-hybridized carbons (Fsp3) is 0.609. The number of amides is 3. The van der Waals surface area contributed by atoms with Crippen molar-refractivity contribution < 1.29 is 19.0 Å². The summed E-state index contributed by atoms with van der Waals surface area (Å²) in [5.41, 5.74) is 0.785. The van der Waals surface area contributed by atoms with Crippen molar-refractivity contribution in [1.82, 2.24) is 9.80 Å². The van der Waals surface area contributed by atoms with Crippen molar-refractivity contribution in [3.63, 3.8) is 0 Å². The SMILES string of the molecule is O=C1c2ccccc2C(=O)N1C1CC[C@@H]2[C@H]3CCC[N+]4([O-])CCC[C@@H](CN2C1=O)[C@@H]34. The maximum atomic E-state index is 13.6. The molecule has 0 saturated carbocycles. The molecule has 0 aromatic heterocycles. The van der Waals surface area contributed by atoms with Crippen LogP contribution in [0.15, 0.2) is 24.3 Å². The Bertz CT molecular complexity index is 909. The number of fused-ring (bicyclic) bond motifs is 3. The molecule has 3 amide bonds. The minimum Gasteiger partial charge on any atom is -0.633 e. The van der Waals surface area contributed by atoms with Crippen molar-refractivity contribution in [1.29, 1.82) is 0 Å². The van der Waals surface area contributed by atoms with Gasteiger partial charge in [-0.1, -0.05) is 12.1 Å². The lowest BCUT2D eigenvalue weighted by atomic mass is 9.67. The Morgan fingerprint density at radius 2 is 1.57 bits per heavy atom. The van der Waals surface area contributed by atoms with Crippen LogP contribution in [0, 0.1) is 17.0 Å². The van der Waals surface area contributed by atoms with E-state index in [0.29, 0.717) is 24.1 Å². The quantitative estimate of drug-likeness (QED) is 0.404. The van der Waals surface area contributed by atoms with E-state index in [9.17, 15) is 19.6 Å². The van der Waals surface area contributed by atoms with E-state index in [0.717, 1.165) is 45.2 Å². The number of hydrogen-bond acceptors (Lipinski definition) is 4. The second-order valence-corrected chi connectivity index (χ2v) is 9.78. The van der Waals surface area contributed by atoms with E-state index in [4.69, 9.17) is 0 Å². The number of carbonyl (C=O) groups excluding carboxylic acids is 3. The molecule has 5 aliphatic rings. The summed E-state index contributed by atoms with van der Waals surface area (Å²) >= 11 is 0. The topological polar surface area (TPSA) is 80.8 Å². The Balaban J connectivity index is 1.30. The number of hydroxylamine groups is 3. The molecule has 0 radical (unpaired) electrons. The maximum Gasteiger partial charge on any atom is 0.262 e. The van der Waals surface area contributed by atoms with Gasteiger partial charge < -0.3 is 14.8 Å². The fourth-order valence-corrected chi connectivity index (χ4v) is 7.29. The second-order valence-electron chi connectivity index (χ2n) is 9.78. The first kappa shape index (κ1) is 18.5. The first-order chi connectivity index (χ1) is 14.5. The van der Waals surface area contributed by atoms with Gasteiger partial charge in [0.1, 0.15) is 6.04 Å². The molecule has 1 aromatic rings. The minimum absolute atomic E-state index is 0.0598. The largest absolute Gasteiger partial charge is 0.633 e. The number of hydrogen-bond donors (Lipinski definition) is 0. The third kappa shape index (κ3) is 2.36. The van der Waals surface area contributed by atoms with Crippen LogP contribution in [-0.2, 0) is 4.79 Å². The van der Waals surface area contributed by atoms with Crippen LogP contribution in [-0.4, -0.2) is 69.9 Å². The van der Waals surface area contributed by atoms with Gasteiger partial charge in [-0.15, -0.1) is 0 Å². The van der Waals surface area contributed by atoms with E-state index in [1.54, 1.807) is 24.3 Å². The Morgan fingerprint density at radius 3 is 2.27 bits per heavy atom. The summed E-state index contributed by atoms with van der Waals surface area (Å²) in [5.74, 6) is -0.315. The molecule has 30 heavy (non-hydrogen) atoms. The average Bonchev–Trinajstić information content (AvgIpc) is 3.00. The molecule has 4 saturated heterocycles. The van der Waals surface area contributed by atoms with E-state index in [1.807, 2.05) is 4.90 Å². The lowest BCUT2D eigenvalue weighted by molar-refractivity contribution is -0.925. The lowest BCUT2D eigenvalue weighted by Crippen LogP contribution is -2.73. The summed E-state index contributed by atoms with van der Waals surface area (Å²) in [7, 11) is 0. The molecule has 6 rings (SSSR count). The van der Waals surface area contributed by atoms with Gasteiger partial charge >= 0.3 is 0 Å². The molecule has 0 spiro atoms. The van der Waals surface area contributed by atoms with Crippen LogP contribution in [0.3, 0.4) is 0 Å². The molecular formula is C23H27N3O4. The average molecular weight is 409 g/mol. The fourth-order valence-electron chi connectivity index (χ4n) is 7.29. The molecular weight excluding hydrogens is 382 g/mol. The van der Waals surface area contributed by atoms with Gasteiger partial charge in [0.25, 0.3) is 11.8 Å². The molecule has 0 bridgehead atoms. The van der Waals surface area contributed by atoms with Crippen molar-refractivity contribution >= 4 is 17.7 Å². The lowest BCUT2D eigenvalue weighted by Gasteiger charge is -2.64. The standard InChI is InChI=1S/C23H27N3O4/c27-21-15-6-1-2-7-16(15)22(28)25(21)19-10-9-18-17-8-4-12-26(30)11-3-5-14(20(17)26)13-24(18)23(19)29/h1-2,6-7,14,17-20H,3-5,8-13H2/t14-,17+,18+,19?,20-,26?/m0/s1. The Labute approximate surface area is 175 Å². The molecule has 1 aromatic carbocycles. The van der Waals surface area contributed by atoms with Crippen molar-refractivity contribution in [2.75, 3.05) is 19.6 Å². The van der Waals surface area contributed by atoms with Gasteiger partial charge in [-0.2, -0.15) is 0 Å². The molecule has 0 N–H and O–H groups in total. The summed E-state index contributed by atoms with van der Waals surface area (Å²) in [6.07, 6.45) is 5.12. The van der Waals surface area contributed by atoms with Crippen LogP contribution in [0.2, 0.25) is 0 Å². The monoisotopic (exact) mass is 409 g/mol. The summed E-state index contributed by atoms with van der Waals surface area (Å²) in [6.45, 7) is 2.04. The molecule has 5 aliphatic heterocycles. The number of piperidine rings is 4. The van der Waals surface area contributed by atoms with Gasteiger partial charge in [-0.05, 0) is 50.7 Å². The van der Waals surface area contributed by atoms with Crippen LogP contribution in [0.1, 0.15) is 59.2 Å². The van der Waals surface area contributed by atoms with Gasteiger partial charge in [-0.25, -0.2) is 0 Å². The van der Waals surface area contributed by atoms with Crippen LogP contribution < -0.4 is 0 Å². The Kier molecular flexibility index (Phi) is 3.93. The van der Waals surface area contributed by atoms with Crippen molar-refractivity contribution in [2.45, 2.75) is 56.7 Å². The van der Waals surface area contributed by atoms with Gasteiger partial charge in [0.05, 0.1) is 30.3 Å². The summed E-state index contributed by atoms with van der Waals surface area (Å²) in [5, 5.41) is 13.5. The molecule has 5 heterocycles. The molecule has 7 heteroatoms. The Hall–Kier alpha value is -2.25. The molecule has 0 aliphatic carbocycles. The van der Waals surface area contributed by atoms with E-state index in [2.05, 4.69) is 0 Å². The highest BCUT2D eigenvalue weighted by Gasteiger charge is 2.58. The third-order valence-corrected chi connectivity index (χ3v) is 8.42. The van der Waals surface area contributed by atoms with Gasteiger partial charge in [0.15, 0.2) is 0 Å². The van der Waals surface area contributed by atoms with Gasteiger partial charge in [0.2, 0.25) is 5.91 Å². The van der Waals surface area contributed by atoms with Gasteiger partial charge in [-0.3, -0.25) is 19.3 Å². The summed E-state index contributed by atoms with van der Waals surface area (Å²) in [6, 6.07) is 6.30.